The fourth-order valence-electron chi connectivity index (χ4n) is 3.67. The molecule has 1 fully saturated rings. The first-order chi connectivity index (χ1) is 15.7. The van der Waals surface area contributed by atoms with E-state index >= 15 is 0 Å². The Morgan fingerprint density at radius 3 is 2.24 bits per heavy atom. The molecule has 0 saturated carbocycles. The van der Waals surface area contributed by atoms with Gasteiger partial charge in [-0.1, -0.05) is 53.0 Å². The van der Waals surface area contributed by atoms with Crippen LogP contribution < -0.4 is 0 Å². The van der Waals surface area contributed by atoms with Crippen molar-refractivity contribution in [1.82, 2.24) is 4.90 Å². The molecule has 1 amide bonds. The van der Waals surface area contributed by atoms with E-state index in [0.717, 1.165) is 0 Å². The number of likely N-dealkylation sites (tertiary alicyclic amines) is 1. The molecule has 1 atom stereocenters. The summed E-state index contributed by atoms with van der Waals surface area (Å²) in [5, 5.41) is 21.3. The number of aliphatic hydroxyl groups excluding tert-OH is 1. The van der Waals surface area contributed by atoms with Gasteiger partial charge < -0.3 is 15.1 Å². The minimum Gasteiger partial charge on any atom is -0.507 e. The maximum atomic E-state index is 13.3. The quantitative estimate of drug-likeness (QED) is 0.254. The van der Waals surface area contributed by atoms with Crippen LogP contribution in [0.2, 0.25) is 15.1 Å². The van der Waals surface area contributed by atoms with Crippen molar-refractivity contribution in [3.8, 4) is 5.75 Å². The lowest BCUT2D eigenvalue weighted by Gasteiger charge is -2.25. The Morgan fingerprint density at radius 2 is 1.61 bits per heavy atom. The number of Topliss-reactive ketones (excluding diaryl/α,β-unsaturated/α-hetero) is 1. The average molecular weight is 507 g/mol. The van der Waals surface area contributed by atoms with Crippen LogP contribution in [0.5, 0.6) is 5.75 Å². The van der Waals surface area contributed by atoms with Crippen molar-refractivity contribution in [2.45, 2.75) is 12.6 Å². The van der Waals surface area contributed by atoms with E-state index in [1.807, 2.05) is 0 Å². The Bertz CT molecular complexity index is 1310. The summed E-state index contributed by atoms with van der Waals surface area (Å²) in [6.07, 6.45) is 0. The van der Waals surface area contributed by atoms with Crippen LogP contribution in [-0.4, -0.2) is 26.8 Å². The Labute approximate surface area is 203 Å². The molecule has 9 heteroatoms. The smallest absolute Gasteiger partial charge is 0.295 e. The summed E-state index contributed by atoms with van der Waals surface area (Å²) in [6.45, 7) is -0.0355. The number of phenols is 1. The molecule has 1 saturated heterocycles. The normalized spacial score (nSPS) is 17.6. The van der Waals surface area contributed by atoms with E-state index in [1.165, 1.54) is 65.6 Å². The first-order valence-electron chi connectivity index (χ1n) is 9.64. The highest BCUT2D eigenvalue weighted by Crippen LogP contribution is 2.42. The molecule has 1 unspecified atom stereocenters. The van der Waals surface area contributed by atoms with E-state index in [1.54, 1.807) is 0 Å². The average Bonchev–Trinajstić information content (AvgIpc) is 3.03. The Morgan fingerprint density at radius 1 is 0.909 bits per heavy atom. The van der Waals surface area contributed by atoms with Crippen LogP contribution in [-0.2, 0) is 16.1 Å². The van der Waals surface area contributed by atoms with Crippen LogP contribution in [0.1, 0.15) is 22.7 Å². The second-order valence-electron chi connectivity index (χ2n) is 7.39. The van der Waals surface area contributed by atoms with Gasteiger partial charge in [-0.3, -0.25) is 9.59 Å². The second-order valence-corrected chi connectivity index (χ2v) is 8.61. The number of halogens is 4. The molecule has 4 rings (SSSR count). The highest BCUT2D eigenvalue weighted by Gasteiger charge is 2.46. The van der Waals surface area contributed by atoms with Gasteiger partial charge >= 0.3 is 0 Å². The van der Waals surface area contributed by atoms with E-state index in [4.69, 9.17) is 34.8 Å². The van der Waals surface area contributed by atoms with E-state index in [0.29, 0.717) is 11.1 Å². The number of amides is 1. The highest BCUT2D eigenvalue weighted by molar-refractivity contribution is 6.47. The molecule has 1 aliphatic rings. The number of aromatic hydroxyl groups is 1. The van der Waals surface area contributed by atoms with Gasteiger partial charge in [-0.25, -0.2) is 4.39 Å². The Kier molecular flexibility index (Phi) is 6.34. The fraction of sp³-hybridized carbons (Fsp3) is 0.0833. The van der Waals surface area contributed by atoms with Gasteiger partial charge in [0.25, 0.3) is 11.7 Å². The number of ketones is 1. The molecule has 0 aromatic heterocycles. The first kappa shape index (κ1) is 23.1. The monoisotopic (exact) mass is 505 g/mol. The standard InChI is InChI=1S/C24H15Cl3FNO4/c25-16-7-3-14(10-17(16)26)22(31)20-21(13-4-8-19(30)18(27)9-13)29(24(33)23(20)32)11-12-1-5-15(28)6-2-12/h1-10,21,30-31H,11H2/b22-20-. The lowest BCUT2D eigenvalue weighted by Crippen LogP contribution is -2.29. The van der Waals surface area contributed by atoms with E-state index in [-0.39, 0.29) is 38.5 Å². The molecule has 3 aromatic rings. The number of hydrogen-bond donors (Lipinski definition) is 2. The van der Waals surface area contributed by atoms with E-state index < -0.39 is 29.3 Å². The van der Waals surface area contributed by atoms with Gasteiger partial charge in [0.1, 0.15) is 17.3 Å². The molecule has 1 aliphatic heterocycles. The van der Waals surface area contributed by atoms with Crippen molar-refractivity contribution in [3.63, 3.8) is 0 Å². The molecule has 1 heterocycles. The third-order valence-electron chi connectivity index (χ3n) is 5.29. The summed E-state index contributed by atoms with van der Waals surface area (Å²) in [7, 11) is 0. The highest BCUT2D eigenvalue weighted by atomic mass is 35.5. The fourth-order valence-corrected chi connectivity index (χ4v) is 4.16. The van der Waals surface area contributed by atoms with Crippen LogP contribution in [0.4, 0.5) is 4.39 Å². The van der Waals surface area contributed by atoms with Crippen LogP contribution in [0.25, 0.3) is 5.76 Å². The predicted octanol–water partition coefficient (Wildman–Crippen LogP) is 6.11. The molecule has 33 heavy (non-hydrogen) atoms. The lowest BCUT2D eigenvalue weighted by molar-refractivity contribution is -0.140. The number of benzene rings is 3. The zero-order chi connectivity index (χ0) is 23.9. The number of aliphatic hydroxyl groups is 1. The van der Waals surface area contributed by atoms with Gasteiger partial charge in [0.05, 0.1) is 26.7 Å². The summed E-state index contributed by atoms with van der Waals surface area (Å²) >= 11 is 18.1. The Balaban J connectivity index is 1.88. The summed E-state index contributed by atoms with van der Waals surface area (Å²) in [5.41, 5.74) is 0.977. The molecule has 5 nitrogen and oxygen atoms in total. The van der Waals surface area contributed by atoms with E-state index in [2.05, 4.69) is 0 Å². The molecule has 2 N–H and O–H groups in total. The lowest BCUT2D eigenvalue weighted by atomic mass is 9.95. The number of phenolic OH excluding ortho intramolecular Hbond substituents is 1. The van der Waals surface area contributed by atoms with Crippen molar-refractivity contribution in [2.24, 2.45) is 0 Å². The third kappa shape index (κ3) is 4.42. The molecule has 3 aromatic carbocycles. The minimum absolute atomic E-state index is 0.00871. The second kappa shape index (κ2) is 9.06. The maximum Gasteiger partial charge on any atom is 0.295 e. The van der Waals surface area contributed by atoms with Gasteiger partial charge in [-0.15, -0.1) is 0 Å². The van der Waals surface area contributed by atoms with Gasteiger partial charge in [-0.2, -0.15) is 0 Å². The SMILES string of the molecule is O=C1C(=O)N(Cc2ccc(F)cc2)C(c2ccc(O)c(Cl)c2)/C1=C(/O)c1ccc(Cl)c(Cl)c1. The number of nitrogens with zero attached hydrogens (tertiary/aromatic N) is 1. The molecular weight excluding hydrogens is 492 g/mol. The largest absolute Gasteiger partial charge is 0.507 e. The van der Waals surface area contributed by atoms with Crippen LogP contribution in [0.3, 0.4) is 0 Å². The molecule has 0 radical (unpaired) electrons. The van der Waals surface area contributed by atoms with Crippen LogP contribution in [0.15, 0.2) is 66.2 Å². The summed E-state index contributed by atoms with van der Waals surface area (Å²) in [6, 6.07) is 13.0. The van der Waals surface area contributed by atoms with Crippen molar-refractivity contribution in [1.29, 1.82) is 0 Å². The van der Waals surface area contributed by atoms with E-state index in [9.17, 15) is 24.2 Å². The van der Waals surface area contributed by atoms with Gasteiger partial charge in [0.2, 0.25) is 0 Å². The molecule has 0 aliphatic carbocycles. The topological polar surface area (TPSA) is 77.8 Å². The van der Waals surface area contributed by atoms with Crippen LogP contribution >= 0.6 is 34.8 Å². The number of rotatable bonds is 4. The van der Waals surface area contributed by atoms with Crippen molar-refractivity contribution in [3.05, 3.63) is 104 Å². The third-order valence-corrected chi connectivity index (χ3v) is 6.33. The van der Waals surface area contributed by atoms with Gasteiger partial charge in [0, 0.05) is 12.1 Å². The molecular formula is C24H15Cl3FNO4. The van der Waals surface area contributed by atoms with Gasteiger partial charge in [0.15, 0.2) is 0 Å². The zero-order valence-electron chi connectivity index (χ0n) is 16.7. The van der Waals surface area contributed by atoms with Crippen molar-refractivity contribution >= 4 is 52.3 Å². The Hall–Kier alpha value is -3.06. The molecule has 0 bridgehead atoms. The summed E-state index contributed by atoms with van der Waals surface area (Å²) in [5.74, 6) is -2.82. The van der Waals surface area contributed by atoms with Crippen molar-refractivity contribution in [2.75, 3.05) is 0 Å². The van der Waals surface area contributed by atoms with Gasteiger partial charge in [-0.05, 0) is 53.6 Å². The maximum absolute atomic E-state index is 13.3. The zero-order valence-corrected chi connectivity index (χ0v) is 19.0. The van der Waals surface area contributed by atoms with Crippen molar-refractivity contribution < 1.29 is 24.2 Å². The van der Waals surface area contributed by atoms with Crippen LogP contribution in [0, 0.1) is 5.82 Å². The first-order valence-corrected chi connectivity index (χ1v) is 10.8. The number of carbonyl (C=O) groups excluding carboxylic acids is 2. The predicted molar refractivity (Wildman–Crippen MR) is 124 cm³/mol. The molecule has 0 spiro atoms. The molecule has 168 valence electrons. The summed E-state index contributed by atoms with van der Waals surface area (Å²) in [4.78, 5) is 27.3. The number of hydrogen-bond acceptors (Lipinski definition) is 4. The number of carbonyl (C=O) groups is 2. The summed E-state index contributed by atoms with van der Waals surface area (Å²) < 4.78 is 13.3. The minimum atomic E-state index is -1.03.